The second-order valence-electron chi connectivity index (χ2n) is 5.45. The molecule has 26 heavy (non-hydrogen) atoms. The first-order valence-corrected chi connectivity index (χ1v) is 7.93. The highest BCUT2D eigenvalue weighted by Gasteiger charge is 2.20. The maximum absolute atomic E-state index is 12.3. The fourth-order valence-corrected chi connectivity index (χ4v) is 2.28. The second kappa shape index (κ2) is 7.69. The Kier molecular flexibility index (Phi) is 5.17. The summed E-state index contributed by atoms with van der Waals surface area (Å²) < 4.78 is 21.2. The maximum atomic E-state index is 12.3. The first kappa shape index (κ1) is 17.5. The van der Waals surface area contributed by atoms with E-state index in [2.05, 4.69) is 10.2 Å². The van der Waals surface area contributed by atoms with Gasteiger partial charge in [0, 0.05) is 5.56 Å². The van der Waals surface area contributed by atoms with Crippen LogP contribution in [0.25, 0.3) is 11.5 Å². The Labute approximate surface area is 150 Å². The van der Waals surface area contributed by atoms with E-state index in [-0.39, 0.29) is 5.89 Å². The Morgan fingerprint density at radius 3 is 2.42 bits per heavy atom. The van der Waals surface area contributed by atoms with Gasteiger partial charge in [-0.15, -0.1) is 10.2 Å². The number of carbonyl (C=O) groups excluding carboxylic acids is 1. The molecule has 0 bridgehead atoms. The van der Waals surface area contributed by atoms with E-state index >= 15 is 0 Å². The molecule has 0 fully saturated rings. The molecule has 0 saturated heterocycles. The number of nitrogens with zero attached hydrogens (tertiary/aromatic N) is 2. The lowest BCUT2D eigenvalue weighted by Crippen LogP contribution is -2.09. The zero-order valence-corrected chi connectivity index (χ0v) is 14.6. The Morgan fingerprint density at radius 2 is 1.73 bits per heavy atom. The number of esters is 1. The van der Waals surface area contributed by atoms with E-state index in [1.54, 1.807) is 50.4 Å². The van der Waals surface area contributed by atoms with Crippen LogP contribution in [0.15, 0.2) is 52.9 Å². The van der Waals surface area contributed by atoms with Crippen LogP contribution in [0, 0.1) is 0 Å². The summed E-state index contributed by atoms with van der Waals surface area (Å²) in [4.78, 5) is 12.3. The van der Waals surface area contributed by atoms with Gasteiger partial charge in [-0.05, 0) is 49.4 Å². The number of hydrogen-bond acceptors (Lipinski definition) is 7. The summed E-state index contributed by atoms with van der Waals surface area (Å²) in [5.41, 5.74) is 1.13. The summed E-state index contributed by atoms with van der Waals surface area (Å²) in [6.07, 6.45) is -0.687. The molecule has 7 heteroatoms. The highest BCUT2D eigenvalue weighted by atomic mass is 16.6. The molecule has 1 atom stereocenters. The molecule has 0 aliphatic carbocycles. The van der Waals surface area contributed by atoms with Crippen molar-refractivity contribution in [2.24, 2.45) is 0 Å². The Morgan fingerprint density at radius 1 is 1.00 bits per heavy atom. The topological polar surface area (TPSA) is 83.7 Å². The first-order chi connectivity index (χ1) is 12.6. The van der Waals surface area contributed by atoms with Gasteiger partial charge in [-0.25, -0.2) is 4.79 Å². The van der Waals surface area contributed by atoms with Crippen molar-refractivity contribution in [3.8, 4) is 23.0 Å². The Bertz CT molecular complexity index is 889. The van der Waals surface area contributed by atoms with Gasteiger partial charge < -0.3 is 18.6 Å². The van der Waals surface area contributed by atoms with E-state index in [1.165, 1.54) is 7.11 Å². The summed E-state index contributed by atoms with van der Waals surface area (Å²) in [5.74, 6) is 1.36. The third-order valence-corrected chi connectivity index (χ3v) is 3.71. The van der Waals surface area contributed by atoms with E-state index < -0.39 is 12.1 Å². The van der Waals surface area contributed by atoms with Crippen molar-refractivity contribution in [2.75, 3.05) is 14.2 Å². The molecule has 3 aromatic rings. The number of carbonyl (C=O) groups is 1. The van der Waals surface area contributed by atoms with Crippen molar-refractivity contribution < 1.29 is 23.4 Å². The van der Waals surface area contributed by atoms with Crippen molar-refractivity contribution in [3.63, 3.8) is 0 Å². The van der Waals surface area contributed by atoms with Gasteiger partial charge in [0.05, 0.1) is 19.8 Å². The summed E-state index contributed by atoms with van der Waals surface area (Å²) >= 11 is 0. The van der Waals surface area contributed by atoms with E-state index in [4.69, 9.17) is 18.6 Å². The fraction of sp³-hybridized carbons (Fsp3) is 0.211. The molecule has 0 radical (unpaired) electrons. The average Bonchev–Trinajstić information content (AvgIpc) is 3.18. The zero-order valence-electron chi connectivity index (χ0n) is 14.6. The lowest BCUT2D eigenvalue weighted by molar-refractivity contribution is 0.0279. The molecule has 0 unspecified atom stereocenters. The summed E-state index contributed by atoms with van der Waals surface area (Å²) in [5, 5.41) is 7.97. The second-order valence-corrected chi connectivity index (χ2v) is 5.45. The van der Waals surface area contributed by atoms with Crippen molar-refractivity contribution >= 4 is 5.97 Å². The van der Waals surface area contributed by atoms with Crippen LogP contribution in [0.2, 0.25) is 0 Å². The molecule has 134 valence electrons. The van der Waals surface area contributed by atoms with Crippen molar-refractivity contribution in [1.29, 1.82) is 0 Å². The highest BCUT2D eigenvalue weighted by molar-refractivity contribution is 5.90. The summed E-state index contributed by atoms with van der Waals surface area (Å²) in [7, 11) is 3.13. The van der Waals surface area contributed by atoms with Crippen LogP contribution in [0.5, 0.6) is 11.5 Å². The monoisotopic (exact) mass is 354 g/mol. The van der Waals surface area contributed by atoms with Gasteiger partial charge in [-0.1, -0.05) is 6.07 Å². The van der Waals surface area contributed by atoms with Gasteiger partial charge in [-0.2, -0.15) is 0 Å². The van der Waals surface area contributed by atoms with Gasteiger partial charge in [0.2, 0.25) is 5.89 Å². The molecule has 1 aromatic heterocycles. The number of hydrogen-bond donors (Lipinski definition) is 0. The van der Waals surface area contributed by atoms with Crippen LogP contribution in [0.4, 0.5) is 0 Å². The minimum atomic E-state index is -0.687. The van der Waals surface area contributed by atoms with E-state index in [0.29, 0.717) is 17.2 Å². The smallest absolute Gasteiger partial charge is 0.339 e. The maximum Gasteiger partial charge on any atom is 0.339 e. The van der Waals surface area contributed by atoms with Crippen LogP contribution < -0.4 is 9.47 Å². The van der Waals surface area contributed by atoms with Gasteiger partial charge in [0.25, 0.3) is 5.89 Å². The molecule has 0 saturated carbocycles. The van der Waals surface area contributed by atoms with E-state index in [9.17, 15) is 4.79 Å². The zero-order chi connectivity index (χ0) is 18.5. The first-order valence-electron chi connectivity index (χ1n) is 7.93. The fourth-order valence-electron chi connectivity index (χ4n) is 2.28. The largest absolute Gasteiger partial charge is 0.497 e. The number of rotatable bonds is 6. The molecule has 7 nitrogen and oxygen atoms in total. The standard InChI is InChI=1S/C19H18N2O5/c1-12(25-19(22)14-5-4-6-16(11-14)24-3)17-20-21-18(26-17)13-7-9-15(23-2)10-8-13/h4-12H,1-3H3/t12-/m1/s1. The normalized spacial score (nSPS) is 11.7. The van der Waals surface area contributed by atoms with Crippen molar-refractivity contribution in [1.82, 2.24) is 10.2 Å². The van der Waals surface area contributed by atoms with E-state index in [1.807, 2.05) is 12.1 Å². The van der Waals surface area contributed by atoms with Crippen LogP contribution >= 0.6 is 0 Å². The molecule has 0 spiro atoms. The number of benzene rings is 2. The van der Waals surface area contributed by atoms with Gasteiger partial charge in [-0.3, -0.25) is 0 Å². The Hall–Kier alpha value is -3.35. The minimum absolute atomic E-state index is 0.215. The highest BCUT2D eigenvalue weighted by Crippen LogP contribution is 2.25. The molecule has 0 aliphatic heterocycles. The third kappa shape index (κ3) is 3.83. The lowest BCUT2D eigenvalue weighted by atomic mass is 10.2. The van der Waals surface area contributed by atoms with Crippen LogP contribution in [-0.4, -0.2) is 30.4 Å². The molecule has 0 aliphatic rings. The molecule has 3 rings (SSSR count). The Balaban J connectivity index is 1.70. The molecular formula is C19H18N2O5. The van der Waals surface area contributed by atoms with Crippen LogP contribution in [-0.2, 0) is 4.74 Å². The number of methoxy groups -OCH3 is 2. The molecular weight excluding hydrogens is 336 g/mol. The molecule has 2 aromatic carbocycles. The summed E-state index contributed by atoms with van der Waals surface area (Å²) in [6, 6.07) is 13.9. The van der Waals surface area contributed by atoms with Crippen LogP contribution in [0.3, 0.4) is 0 Å². The quantitative estimate of drug-likeness (QED) is 0.624. The lowest BCUT2D eigenvalue weighted by Gasteiger charge is -2.10. The predicted octanol–water partition coefficient (Wildman–Crippen LogP) is 3.67. The summed E-state index contributed by atoms with van der Waals surface area (Å²) in [6.45, 7) is 1.67. The van der Waals surface area contributed by atoms with Gasteiger partial charge >= 0.3 is 5.97 Å². The SMILES string of the molecule is COc1ccc(-c2nnc([C@@H](C)OC(=O)c3cccc(OC)c3)o2)cc1. The van der Waals surface area contributed by atoms with Gasteiger partial charge in [0.15, 0.2) is 6.10 Å². The molecule has 0 N–H and O–H groups in total. The molecule has 1 heterocycles. The van der Waals surface area contributed by atoms with Crippen molar-refractivity contribution in [2.45, 2.75) is 13.0 Å². The predicted molar refractivity (Wildman–Crippen MR) is 93.1 cm³/mol. The van der Waals surface area contributed by atoms with Gasteiger partial charge in [0.1, 0.15) is 11.5 Å². The third-order valence-electron chi connectivity index (χ3n) is 3.71. The molecule has 0 amide bonds. The van der Waals surface area contributed by atoms with E-state index in [0.717, 1.165) is 11.3 Å². The van der Waals surface area contributed by atoms with Crippen LogP contribution in [0.1, 0.15) is 29.3 Å². The number of aromatic nitrogens is 2. The van der Waals surface area contributed by atoms with Crippen molar-refractivity contribution in [3.05, 3.63) is 60.0 Å². The number of ether oxygens (including phenoxy) is 3. The minimum Gasteiger partial charge on any atom is -0.497 e. The average molecular weight is 354 g/mol.